The third-order valence-corrected chi connectivity index (χ3v) is 5.84. The van der Waals surface area contributed by atoms with Crippen molar-refractivity contribution < 1.29 is 9.47 Å². The fraction of sp³-hybridized carbons (Fsp3) is 0.500. The minimum atomic E-state index is 0.457. The summed E-state index contributed by atoms with van der Waals surface area (Å²) < 4.78 is 10.7. The summed E-state index contributed by atoms with van der Waals surface area (Å²) in [5.41, 5.74) is 1.77. The smallest absolute Gasteiger partial charge is 0.161 e. The van der Waals surface area contributed by atoms with Crippen LogP contribution in [0.2, 0.25) is 0 Å². The Hall–Kier alpha value is -2.34. The van der Waals surface area contributed by atoms with Crippen LogP contribution in [0.3, 0.4) is 0 Å². The van der Waals surface area contributed by atoms with Gasteiger partial charge in [0, 0.05) is 17.6 Å². The summed E-state index contributed by atoms with van der Waals surface area (Å²) in [6.45, 7) is 4.77. The van der Waals surface area contributed by atoms with E-state index in [9.17, 15) is 0 Å². The molecule has 1 aromatic carbocycles. The van der Waals surface area contributed by atoms with E-state index in [4.69, 9.17) is 9.47 Å². The molecule has 6 heteroatoms. The molecule has 0 saturated carbocycles. The molecule has 138 valence electrons. The predicted octanol–water partition coefficient (Wildman–Crippen LogP) is 3.06. The molecule has 1 N–H and O–H groups in total. The lowest BCUT2D eigenvalue weighted by molar-refractivity contribution is 0.0457. The molecule has 2 aromatic rings. The number of piperidine rings is 3. The highest BCUT2D eigenvalue weighted by Gasteiger charge is 2.39. The number of hydrogen-bond donors (Lipinski definition) is 1. The number of rotatable bonds is 5. The summed E-state index contributed by atoms with van der Waals surface area (Å²) in [5.74, 6) is 2.98. The number of hydrogen-bond acceptors (Lipinski definition) is 6. The Labute approximate surface area is 154 Å². The van der Waals surface area contributed by atoms with E-state index in [0.29, 0.717) is 23.6 Å². The lowest BCUT2D eigenvalue weighted by Crippen LogP contribution is -2.59. The van der Waals surface area contributed by atoms with E-state index in [1.165, 1.54) is 25.9 Å². The number of aromatic nitrogens is 2. The van der Waals surface area contributed by atoms with Crippen molar-refractivity contribution in [3.8, 4) is 22.8 Å². The van der Waals surface area contributed by atoms with Gasteiger partial charge in [-0.25, -0.2) is 0 Å². The number of fused-ring (bicyclic) bond motifs is 3. The number of nitrogens with zero attached hydrogens (tertiary/aromatic N) is 3. The molecule has 3 fully saturated rings. The molecular formula is C20H26N4O2. The number of benzene rings is 1. The van der Waals surface area contributed by atoms with Gasteiger partial charge in [0.05, 0.1) is 19.9 Å². The van der Waals surface area contributed by atoms with Gasteiger partial charge in [0.25, 0.3) is 0 Å². The van der Waals surface area contributed by atoms with Crippen molar-refractivity contribution in [3.05, 3.63) is 30.3 Å². The minimum Gasteiger partial charge on any atom is -0.493 e. The second-order valence-corrected chi connectivity index (χ2v) is 7.16. The largest absolute Gasteiger partial charge is 0.493 e. The zero-order valence-corrected chi connectivity index (χ0v) is 15.6. The van der Waals surface area contributed by atoms with Gasteiger partial charge in [-0.15, -0.1) is 10.2 Å². The summed E-state index contributed by atoms with van der Waals surface area (Å²) in [5, 5.41) is 12.4. The third-order valence-electron chi connectivity index (χ3n) is 5.84. The fourth-order valence-electron chi connectivity index (χ4n) is 4.27. The maximum absolute atomic E-state index is 5.37. The van der Waals surface area contributed by atoms with Crippen LogP contribution in [0, 0.1) is 5.92 Å². The molecule has 2 atom stereocenters. The molecule has 5 rings (SSSR count). The Balaban J connectivity index is 1.50. The van der Waals surface area contributed by atoms with Crippen molar-refractivity contribution in [2.45, 2.75) is 31.8 Å². The van der Waals surface area contributed by atoms with Crippen LogP contribution in [0.5, 0.6) is 11.5 Å². The van der Waals surface area contributed by atoms with E-state index in [-0.39, 0.29) is 0 Å². The van der Waals surface area contributed by atoms with Crippen molar-refractivity contribution in [2.75, 3.05) is 32.6 Å². The standard InChI is InChI=1S/C20H26N4O2/c1-13-20(14-8-10-24(13)11-9-14)21-19-7-5-16(22-23-19)15-4-6-17(25-2)18(12-15)26-3/h4-7,12-14,20H,8-11H2,1-3H3,(H,21,23)/t13-,20+/m1/s1. The zero-order chi connectivity index (χ0) is 18.1. The van der Waals surface area contributed by atoms with E-state index in [0.717, 1.165) is 23.0 Å². The zero-order valence-electron chi connectivity index (χ0n) is 15.6. The SMILES string of the molecule is COc1ccc(-c2ccc(N[C@@H]3C4CCN(CC4)[C@@H]3C)nn2)cc1OC. The van der Waals surface area contributed by atoms with Gasteiger partial charge < -0.3 is 14.8 Å². The Morgan fingerprint density at radius 3 is 2.38 bits per heavy atom. The van der Waals surface area contributed by atoms with E-state index in [2.05, 4.69) is 27.3 Å². The van der Waals surface area contributed by atoms with Crippen LogP contribution in [0.1, 0.15) is 19.8 Å². The van der Waals surface area contributed by atoms with E-state index in [1.54, 1.807) is 14.2 Å². The van der Waals surface area contributed by atoms with Gasteiger partial charge in [-0.3, -0.25) is 4.90 Å². The molecular weight excluding hydrogens is 328 g/mol. The van der Waals surface area contributed by atoms with E-state index in [1.807, 2.05) is 30.3 Å². The molecule has 1 aromatic heterocycles. The Morgan fingerprint density at radius 2 is 1.77 bits per heavy atom. The van der Waals surface area contributed by atoms with Crippen molar-refractivity contribution in [1.82, 2.24) is 15.1 Å². The highest BCUT2D eigenvalue weighted by Crippen LogP contribution is 2.34. The van der Waals surface area contributed by atoms with Gasteiger partial charge in [-0.05, 0) is 69.1 Å². The predicted molar refractivity (Wildman–Crippen MR) is 102 cm³/mol. The Morgan fingerprint density at radius 1 is 1.00 bits per heavy atom. The quantitative estimate of drug-likeness (QED) is 0.891. The van der Waals surface area contributed by atoms with Gasteiger partial charge in [0.15, 0.2) is 11.5 Å². The normalized spacial score (nSPS) is 27.2. The average Bonchev–Trinajstić information content (AvgIpc) is 2.71. The van der Waals surface area contributed by atoms with Crippen LogP contribution < -0.4 is 14.8 Å². The lowest BCUT2D eigenvalue weighted by atomic mass is 9.79. The number of anilines is 1. The van der Waals surface area contributed by atoms with E-state index >= 15 is 0 Å². The average molecular weight is 354 g/mol. The van der Waals surface area contributed by atoms with Gasteiger partial charge in [-0.2, -0.15) is 0 Å². The molecule has 0 unspecified atom stereocenters. The number of ether oxygens (including phenoxy) is 2. The molecule has 26 heavy (non-hydrogen) atoms. The van der Waals surface area contributed by atoms with Crippen LogP contribution in [0.25, 0.3) is 11.3 Å². The molecule has 2 bridgehead atoms. The van der Waals surface area contributed by atoms with Gasteiger partial charge in [0.1, 0.15) is 5.82 Å². The monoisotopic (exact) mass is 354 g/mol. The number of nitrogens with one attached hydrogen (secondary N) is 1. The summed E-state index contributed by atoms with van der Waals surface area (Å²) in [6, 6.07) is 10.8. The fourth-order valence-corrected chi connectivity index (χ4v) is 4.27. The van der Waals surface area contributed by atoms with Crippen LogP contribution in [0.15, 0.2) is 30.3 Å². The minimum absolute atomic E-state index is 0.457. The summed E-state index contributed by atoms with van der Waals surface area (Å²) >= 11 is 0. The number of methoxy groups -OCH3 is 2. The topological polar surface area (TPSA) is 59.5 Å². The van der Waals surface area contributed by atoms with Gasteiger partial charge in [0.2, 0.25) is 0 Å². The Bertz CT molecular complexity index is 755. The van der Waals surface area contributed by atoms with Crippen LogP contribution in [0.4, 0.5) is 5.82 Å². The first kappa shape index (κ1) is 17.1. The van der Waals surface area contributed by atoms with Gasteiger partial charge in [-0.1, -0.05) is 0 Å². The first-order chi connectivity index (χ1) is 12.7. The van der Waals surface area contributed by atoms with Crippen LogP contribution in [-0.2, 0) is 0 Å². The second kappa shape index (κ2) is 7.11. The van der Waals surface area contributed by atoms with Crippen molar-refractivity contribution >= 4 is 5.82 Å². The molecule has 0 spiro atoms. The van der Waals surface area contributed by atoms with Crippen molar-refractivity contribution in [1.29, 1.82) is 0 Å². The summed E-state index contributed by atoms with van der Waals surface area (Å²) in [4.78, 5) is 2.57. The summed E-state index contributed by atoms with van der Waals surface area (Å²) in [6.07, 6.45) is 2.55. The molecule has 3 saturated heterocycles. The first-order valence-electron chi connectivity index (χ1n) is 9.26. The van der Waals surface area contributed by atoms with Crippen LogP contribution in [-0.4, -0.2) is 54.5 Å². The molecule has 3 aliphatic rings. The van der Waals surface area contributed by atoms with Crippen molar-refractivity contribution in [3.63, 3.8) is 0 Å². The molecule has 0 aliphatic carbocycles. The first-order valence-corrected chi connectivity index (χ1v) is 9.26. The molecule has 0 radical (unpaired) electrons. The van der Waals surface area contributed by atoms with Crippen molar-refractivity contribution in [2.24, 2.45) is 5.92 Å². The summed E-state index contributed by atoms with van der Waals surface area (Å²) in [7, 11) is 3.27. The second-order valence-electron chi connectivity index (χ2n) is 7.16. The van der Waals surface area contributed by atoms with Gasteiger partial charge >= 0.3 is 0 Å². The highest BCUT2D eigenvalue weighted by atomic mass is 16.5. The molecule has 3 aliphatic heterocycles. The van der Waals surface area contributed by atoms with E-state index < -0.39 is 0 Å². The maximum Gasteiger partial charge on any atom is 0.161 e. The molecule has 6 nitrogen and oxygen atoms in total. The van der Waals surface area contributed by atoms with Crippen LogP contribution >= 0.6 is 0 Å². The maximum atomic E-state index is 5.37. The highest BCUT2D eigenvalue weighted by molar-refractivity contribution is 5.64. The Kier molecular flexibility index (Phi) is 4.68. The molecule has 0 amide bonds. The third kappa shape index (κ3) is 3.09. The lowest BCUT2D eigenvalue weighted by Gasteiger charge is -2.50. The molecule has 4 heterocycles.